The number of rotatable bonds is 1. The van der Waals surface area contributed by atoms with Crippen molar-refractivity contribution in [2.75, 3.05) is 0 Å². The van der Waals surface area contributed by atoms with Gasteiger partial charge in [-0.3, -0.25) is 0 Å². The van der Waals surface area contributed by atoms with Crippen LogP contribution in [0.2, 0.25) is 5.02 Å². The fourth-order valence-electron chi connectivity index (χ4n) is 0.646. The summed E-state index contributed by atoms with van der Waals surface area (Å²) < 4.78 is 2.31. The van der Waals surface area contributed by atoms with Crippen LogP contribution in [0.1, 0.15) is 5.56 Å². The van der Waals surface area contributed by atoms with E-state index in [0.717, 1.165) is 9.45 Å². The van der Waals surface area contributed by atoms with E-state index in [-0.39, 0.29) is 0 Å². The van der Waals surface area contributed by atoms with Gasteiger partial charge in [0.2, 0.25) is 0 Å². The number of hydrogen-bond acceptors (Lipinski definition) is 0. The second kappa shape index (κ2) is 4.11. The second-order valence-corrected chi connectivity index (χ2v) is 4.23. The Balaban J connectivity index is 3.09. The highest BCUT2D eigenvalue weighted by Crippen LogP contribution is 2.19. The van der Waals surface area contributed by atoms with Gasteiger partial charge in [0.25, 0.3) is 0 Å². The molecule has 0 amide bonds. The third-order valence-electron chi connectivity index (χ3n) is 1.15. The zero-order valence-electron chi connectivity index (χ0n) is 5.07. The van der Waals surface area contributed by atoms with Crippen LogP contribution in [0.5, 0.6) is 0 Å². The molecule has 3 heteroatoms. The zero-order chi connectivity index (χ0) is 7.56. The van der Waals surface area contributed by atoms with Crippen LogP contribution in [-0.2, 0) is 4.43 Å². The van der Waals surface area contributed by atoms with Crippen LogP contribution in [0, 0.1) is 3.57 Å². The van der Waals surface area contributed by atoms with Gasteiger partial charge in [-0.1, -0.05) is 34.2 Å². The Morgan fingerprint density at radius 2 is 2.10 bits per heavy atom. The number of hydrogen-bond donors (Lipinski definition) is 0. The van der Waals surface area contributed by atoms with E-state index in [9.17, 15) is 0 Å². The van der Waals surface area contributed by atoms with E-state index in [1.807, 2.05) is 18.2 Å². The van der Waals surface area contributed by atoms with Crippen molar-refractivity contribution in [1.82, 2.24) is 0 Å². The largest absolute Gasteiger partial charge is 0.0843 e. The SMILES string of the molecule is Clc1ccc(I)c(CI)c1. The van der Waals surface area contributed by atoms with Crippen LogP contribution < -0.4 is 0 Å². The summed E-state index contributed by atoms with van der Waals surface area (Å²) in [5.41, 5.74) is 1.31. The predicted octanol–water partition coefficient (Wildman–Crippen LogP) is 3.88. The second-order valence-electron chi connectivity index (χ2n) is 1.87. The average molecular weight is 378 g/mol. The summed E-state index contributed by atoms with van der Waals surface area (Å²) >= 11 is 10.4. The molecule has 0 N–H and O–H groups in total. The highest BCUT2D eigenvalue weighted by Gasteiger charge is 1.96. The molecule has 0 saturated carbocycles. The molecule has 0 radical (unpaired) electrons. The van der Waals surface area contributed by atoms with Gasteiger partial charge in [0.05, 0.1) is 0 Å². The van der Waals surface area contributed by atoms with Crippen molar-refractivity contribution in [2.45, 2.75) is 4.43 Å². The minimum absolute atomic E-state index is 0.826. The molecule has 0 saturated heterocycles. The molecule has 10 heavy (non-hydrogen) atoms. The van der Waals surface area contributed by atoms with E-state index in [4.69, 9.17) is 11.6 Å². The standard InChI is InChI=1S/C7H5ClI2/c8-6-1-2-7(10)5(3-6)4-9/h1-3H,4H2. The molecule has 0 aromatic heterocycles. The average Bonchev–Trinajstić information content (AvgIpc) is 1.94. The van der Waals surface area contributed by atoms with Crippen LogP contribution in [0.4, 0.5) is 0 Å². The Morgan fingerprint density at radius 3 is 2.60 bits per heavy atom. The maximum Gasteiger partial charge on any atom is 0.0409 e. The molecule has 0 unspecified atom stereocenters. The molecule has 0 heterocycles. The van der Waals surface area contributed by atoms with Crippen LogP contribution in [0.15, 0.2) is 18.2 Å². The van der Waals surface area contributed by atoms with E-state index < -0.39 is 0 Å². The first-order valence-corrected chi connectivity index (χ1v) is 5.72. The number of alkyl halides is 1. The Labute approximate surface area is 92.6 Å². The minimum Gasteiger partial charge on any atom is -0.0843 e. The first-order chi connectivity index (χ1) is 4.74. The lowest BCUT2D eigenvalue weighted by Crippen LogP contribution is -1.81. The first kappa shape index (κ1) is 9.06. The third kappa shape index (κ3) is 2.23. The molecule has 1 aromatic rings. The maximum atomic E-state index is 5.79. The number of benzene rings is 1. The summed E-state index contributed by atoms with van der Waals surface area (Å²) in [7, 11) is 0. The van der Waals surface area contributed by atoms with E-state index in [0.29, 0.717) is 0 Å². The zero-order valence-corrected chi connectivity index (χ0v) is 10.1. The quantitative estimate of drug-likeness (QED) is 0.514. The molecule has 0 atom stereocenters. The molecule has 0 spiro atoms. The number of halogens is 3. The van der Waals surface area contributed by atoms with Gasteiger partial charge in [-0.05, 0) is 46.4 Å². The van der Waals surface area contributed by atoms with Crippen LogP contribution in [0.3, 0.4) is 0 Å². The monoisotopic (exact) mass is 378 g/mol. The summed E-state index contributed by atoms with van der Waals surface area (Å²) in [4.78, 5) is 0. The lowest BCUT2D eigenvalue weighted by atomic mass is 10.2. The van der Waals surface area contributed by atoms with Gasteiger partial charge in [-0.25, -0.2) is 0 Å². The normalized spacial score (nSPS) is 9.90. The fourth-order valence-corrected chi connectivity index (χ4v) is 2.73. The Hall–Kier alpha value is 0.970. The third-order valence-corrected chi connectivity index (χ3v) is 3.26. The van der Waals surface area contributed by atoms with E-state index >= 15 is 0 Å². The highest BCUT2D eigenvalue weighted by molar-refractivity contribution is 14.1. The van der Waals surface area contributed by atoms with Gasteiger partial charge in [0.15, 0.2) is 0 Å². The van der Waals surface area contributed by atoms with Crippen molar-refractivity contribution >= 4 is 56.8 Å². The smallest absolute Gasteiger partial charge is 0.0409 e. The molecule has 0 nitrogen and oxygen atoms in total. The molecule has 54 valence electrons. The van der Waals surface area contributed by atoms with Gasteiger partial charge < -0.3 is 0 Å². The van der Waals surface area contributed by atoms with Crippen LogP contribution >= 0.6 is 56.8 Å². The molecule has 0 aliphatic heterocycles. The van der Waals surface area contributed by atoms with E-state index in [2.05, 4.69) is 45.2 Å². The predicted molar refractivity (Wildman–Crippen MR) is 61.9 cm³/mol. The van der Waals surface area contributed by atoms with Gasteiger partial charge in [-0.15, -0.1) is 0 Å². The Bertz CT molecular complexity index is 235. The summed E-state index contributed by atoms with van der Waals surface area (Å²) in [6, 6.07) is 5.96. The Kier molecular flexibility index (Phi) is 3.72. The first-order valence-electron chi connectivity index (χ1n) is 2.74. The highest BCUT2D eigenvalue weighted by atomic mass is 127. The fraction of sp³-hybridized carbons (Fsp3) is 0.143. The van der Waals surface area contributed by atoms with Crippen molar-refractivity contribution < 1.29 is 0 Å². The maximum absolute atomic E-state index is 5.79. The van der Waals surface area contributed by atoms with E-state index in [1.165, 1.54) is 9.13 Å². The molecule has 0 bridgehead atoms. The molecular weight excluding hydrogens is 373 g/mol. The van der Waals surface area contributed by atoms with Gasteiger partial charge in [-0.2, -0.15) is 0 Å². The van der Waals surface area contributed by atoms with Crippen LogP contribution in [-0.4, -0.2) is 0 Å². The molecule has 1 rings (SSSR count). The summed E-state index contributed by atoms with van der Waals surface area (Å²) in [5, 5.41) is 0.826. The summed E-state index contributed by atoms with van der Waals surface area (Å²) in [6.07, 6.45) is 0. The molecule has 0 fully saturated rings. The van der Waals surface area contributed by atoms with Gasteiger partial charge in [0.1, 0.15) is 0 Å². The molecule has 0 aliphatic rings. The Morgan fingerprint density at radius 1 is 1.40 bits per heavy atom. The van der Waals surface area contributed by atoms with Gasteiger partial charge in [0, 0.05) is 13.0 Å². The summed E-state index contributed by atoms with van der Waals surface area (Å²) in [5.74, 6) is 0. The molecule has 1 aromatic carbocycles. The van der Waals surface area contributed by atoms with Crippen LogP contribution in [0.25, 0.3) is 0 Å². The van der Waals surface area contributed by atoms with Crippen molar-refractivity contribution in [1.29, 1.82) is 0 Å². The van der Waals surface area contributed by atoms with Crippen molar-refractivity contribution in [3.63, 3.8) is 0 Å². The van der Waals surface area contributed by atoms with Crippen molar-refractivity contribution in [3.05, 3.63) is 32.4 Å². The van der Waals surface area contributed by atoms with Gasteiger partial charge >= 0.3 is 0 Å². The van der Waals surface area contributed by atoms with E-state index in [1.54, 1.807) is 0 Å². The minimum atomic E-state index is 0.826. The van der Waals surface area contributed by atoms with Crippen molar-refractivity contribution in [2.24, 2.45) is 0 Å². The lowest BCUT2D eigenvalue weighted by molar-refractivity contribution is 1.41. The molecule has 0 aliphatic carbocycles. The molecular formula is C7H5ClI2. The topological polar surface area (TPSA) is 0 Å². The summed E-state index contributed by atoms with van der Waals surface area (Å²) in [6.45, 7) is 0. The van der Waals surface area contributed by atoms with Crippen molar-refractivity contribution in [3.8, 4) is 0 Å². The lowest BCUT2D eigenvalue weighted by Gasteiger charge is -1.98.